The van der Waals surface area contributed by atoms with Crippen molar-refractivity contribution < 1.29 is 9.47 Å². The standard InChI is InChI=1S/C14H15BrClN3O2/c1-3-17-12-7-14(19-13(18-12)8-20-2)21-11-5-4-9(16)6-10(11)15/h4-7H,3,8H2,1-2H3,(H,17,18,19). The van der Waals surface area contributed by atoms with Gasteiger partial charge in [0.1, 0.15) is 18.2 Å². The molecule has 1 aromatic carbocycles. The third kappa shape index (κ3) is 4.56. The summed E-state index contributed by atoms with van der Waals surface area (Å²) in [7, 11) is 1.60. The minimum atomic E-state index is 0.317. The second kappa shape index (κ2) is 7.59. The van der Waals surface area contributed by atoms with Crippen molar-refractivity contribution in [1.82, 2.24) is 9.97 Å². The van der Waals surface area contributed by atoms with Gasteiger partial charge in [-0.25, -0.2) is 4.98 Å². The number of nitrogens with zero attached hydrogens (tertiary/aromatic N) is 2. The lowest BCUT2D eigenvalue weighted by atomic mass is 10.3. The molecule has 21 heavy (non-hydrogen) atoms. The maximum absolute atomic E-state index is 5.92. The SMILES string of the molecule is CCNc1cc(Oc2ccc(Cl)cc2Br)nc(COC)n1. The molecule has 1 aromatic heterocycles. The molecule has 1 heterocycles. The molecule has 2 rings (SSSR count). The number of hydrogen-bond acceptors (Lipinski definition) is 5. The summed E-state index contributed by atoms with van der Waals surface area (Å²) in [4.78, 5) is 8.64. The number of rotatable bonds is 6. The molecule has 2 aromatic rings. The predicted molar refractivity (Wildman–Crippen MR) is 86.1 cm³/mol. The fraction of sp³-hybridized carbons (Fsp3) is 0.286. The number of anilines is 1. The van der Waals surface area contributed by atoms with Gasteiger partial charge in [-0.3, -0.25) is 0 Å². The van der Waals surface area contributed by atoms with Gasteiger partial charge in [0.15, 0.2) is 5.82 Å². The van der Waals surface area contributed by atoms with Gasteiger partial charge >= 0.3 is 0 Å². The molecule has 112 valence electrons. The average Bonchev–Trinajstić information content (AvgIpc) is 2.42. The Morgan fingerprint density at radius 1 is 1.29 bits per heavy atom. The molecule has 0 aliphatic heterocycles. The molecular weight excluding hydrogens is 358 g/mol. The lowest BCUT2D eigenvalue weighted by molar-refractivity contribution is 0.177. The largest absolute Gasteiger partial charge is 0.438 e. The Hall–Kier alpha value is -1.37. The number of aromatic nitrogens is 2. The minimum Gasteiger partial charge on any atom is -0.438 e. The Bertz CT molecular complexity index is 601. The van der Waals surface area contributed by atoms with Crippen LogP contribution >= 0.6 is 27.5 Å². The molecule has 1 N–H and O–H groups in total. The zero-order chi connectivity index (χ0) is 15.2. The quantitative estimate of drug-likeness (QED) is 0.821. The van der Waals surface area contributed by atoms with Gasteiger partial charge in [-0.15, -0.1) is 0 Å². The van der Waals surface area contributed by atoms with Gasteiger partial charge in [0.2, 0.25) is 5.88 Å². The van der Waals surface area contributed by atoms with Crippen molar-refractivity contribution in [3.8, 4) is 11.6 Å². The number of halogens is 2. The van der Waals surface area contributed by atoms with Crippen molar-refractivity contribution in [1.29, 1.82) is 0 Å². The van der Waals surface area contributed by atoms with Crippen molar-refractivity contribution in [3.05, 3.63) is 39.6 Å². The Kier molecular flexibility index (Phi) is 5.78. The second-order valence-electron chi connectivity index (χ2n) is 4.15. The molecule has 0 aliphatic rings. The Labute approximate surface area is 136 Å². The Morgan fingerprint density at radius 3 is 2.76 bits per heavy atom. The number of hydrogen-bond donors (Lipinski definition) is 1. The number of methoxy groups -OCH3 is 1. The van der Waals surface area contributed by atoms with Crippen LogP contribution in [-0.4, -0.2) is 23.6 Å². The van der Waals surface area contributed by atoms with E-state index in [0.717, 1.165) is 11.0 Å². The molecule has 0 spiro atoms. The Morgan fingerprint density at radius 2 is 2.10 bits per heavy atom. The van der Waals surface area contributed by atoms with Crippen LogP contribution in [0.25, 0.3) is 0 Å². The summed E-state index contributed by atoms with van der Waals surface area (Å²) in [5.41, 5.74) is 0. The molecule has 0 radical (unpaired) electrons. The normalized spacial score (nSPS) is 10.5. The van der Waals surface area contributed by atoms with Gasteiger partial charge in [0.25, 0.3) is 0 Å². The smallest absolute Gasteiger partial charge is 0.224 e. The van der Waals surface area contributed by atoms with Crippen molar-refractivity contribution >= 4 is 33.3 Å². The van der Waals surface area contributed by atoms with Crippen LogP contribution in [0.5, 0.6) is 11.6 Å². The van der Waals surface area contributed by atoms with Crippen molar-refractivity contribution in [3.63, 3.8) is 0 Å². The van der Waals surface area contributed by atoms with E-state index in [1.165, 1.54) is 0 Å². The van der Waals surface area contributed by atoms with Gasteiger partial charge < -0.3 is 14.8 Å². The summed E-state index contributed by atoms with van der Waals surface area (Å²) in [6.07, 6.45) is 0. The third-order valence-corrected chi connectivity index (χ3v) is 3.34. The molecule has 0 aliphatic carbocycles. The van der Waals surface area contributed by atoms with E-state index in [9.17, 15) is 0 Å². The van der Waals surface area contributed by atoms with Crippen LogP contribution < -0.4 is 10.1 Å². The van der Waals surface area contributed by atoms with Crippen LogP contribution in [0.1, 0.15) is 12.7 Å². The zero-order valence-electron chi connectivity index (χ0n) is 11.7. The maximum atomic E-state index is 5.92. The first kappa shape index (κ1) is 16.0. The molecule has 0 atom stereocenters. The van der Waals surface area contributed by atoms with Crippen LogP contribution in [0, 0.1) is 0 Å². The molecule has 0 saturated heterocycles. The van der Waals surface area contributed by atoms with Gasteiger partial charge in [-0.1, -0.05) is 11.6 Å². The van der Waals surface area contributed by atoms with Crippen LogP contribution in [0.2, 0.25) is 5.02 Å². The first-order chi connectivity index (χ1) is 10.1. The van der Waals surface area contributed by atoms with E-state index in [1.54, 1.807) is 31.4 Å². The molecule has 0 bridgehead atoms. The van der Waals surface area contributed by atoms with E-state index in [1.807, 2.05) is 6.92 Å². The Balaban J connectivity index is 2.29. The van der Waals surface area contributed by atoms with Gasteiger partial charge in [0.05, 0.1) is 4.47 Å². The van der Waals surface area contributed by atoms with Crippen LogP contribution in [0.4, 0.5) is 5.82 Å². The van der Waals surface area contributed by atoms with Crippen LogP contribution in [0.15, 0.2) is 28.7 Å². The highest BCUT2D eigenvalue weighted by Gasteiger charge is 2.09. The third-order valence-electron chi connectivity index (χ3n) is 2.49. The highest BCUT2D eigenvalue weighted by Crippen LogP contribution is 2.31. The lowest BCUT2D eigenvalue weighted by Crippen LogP contribution is -2.05. The topological polar surface area (TPSA) is 56.3 Å². The second-order valence-corrected chi connectivity index (χ2v) is 5.44. The van der Waals surface area contributed by atoms with E-state index >= 15 is 0 Å². The maximum Gasteiger partial charge on any atom is 0.224 e. The molecule has 0 amide bonds. The zero-order valence-corrected chi connectivity index (χ0v) is 14.0. The molecule has 7 heteroatoms. The first-order valence-corrected chi connectivity index (χ1v) is 7.53. The van der Waals surface area contributed by atoms with Gasteiger partial charge in [-0.05, 0) is 41.1 Å². The van der Waals surface area contributed by atoms with Gasteiger partial charge in [-0.2, -0.15) is 4.98 Å². The van der Waals surface area contributed by atoms with Crippen LogP contribution in [-0.2, 0) is 11.3 Å². The average molecular weight is 373 g/mol. The van der Waals surface area contributed by atoms with Crippen molar-refractivity contribution in [2.24, 2.45) is 0 Å². The van der Waals surface area contributed by atoms with Crippen molar-refractivity contribution in [2.75, 3.05) is 19.0 Å². The van der Waals surface area contributed by atoms with Crippen LogP contribution in [0.3, 0.4) is 0 Å². The number of nitrogens with one attached hydrogen (secondary N) is 1. The van der Waals surface area contributed by atoms with E-state index in [2.05, 4.69) is 31.2 Å². The van der Waals surface area contributed by atoms with E-state index in [0.29, 0.717) is 34.9 Å². The summed E-state index contributed by atoms with van der Waals surface area (Å²) in [6.45, 7) is 3.07. The minimum absolute atomic E-state index is 0.317. The highest BCUT2D eigenvalue weighted by molar-refractivity contribution is 9.10. The van der Waals surface area contributed by atoms with E-state index < -0.39 is 0 Å². The molecule has 5 nitrogen and oxygen atoms in total. The summed E-state index contributed by atoms with van der Waals surface area (Å²) < 4.78 is 11.6. The summed E-state index contributed by atoms with van der Waals surface area (Å²) in [6, 6.07) is 7.03. The molecule has 0 saturated carbocycles. The van der Waals surface area contributed by atoms with Gasteiger partial charge in [0, 0.05) is 24.7 Å². The molecule has 0 fully saturated rings. The fourth-order valence-electron chi connectivity index (χ4n) is 1.66. The summed E-state index contributed by atoms with van der Waals surface area (Å²) in [5, 5.41) is 3.77. The fourth-order valence-corrected chi connectivity index (χ4v) is 2.42. The first-order valence-electron chi connectivity index (χ1n) is 6.36. The lowest BCUT2D eigenvalue weighted by Gasteiger charge is -2.10. The summed E-state index contributed by atoms with van der Waals surface area (Å²) in [5.74, 6) is 2.32. The number of ether oxygens (including phenoxy) is 2. The molecular formula is C14H15BrClN3O2. The monoisotopic (exact) mass is 371 g/mol. The van der Waals surface area contributed by atoms with E-state index in [-0.39, 0.29) is 0 Å². The molecule has 0 unspecified atom stereocenters. The predicted octanol–water partition coefficient (Wildman–Crippen LogP) is 4.26. The highest BCUT2D eigenvalue weighted by atomic mass is 79.9. The number of benzene rings is 1. The van der Waals surface area contributed by atoms with Crippen molar-refractivity contribution in [2.45, 2.75) is 13.5 Å². The van der Waals surface area contributed by atoms with E-state index in [4.69, 9.17) is 21.1 Å². The summed E-state index contributed by atoms with van der Waals surface area (Å²) >= 11 is 9.33.